The zero-order valence-corrected chi connectivity index (χ0v) is 14.2. The van der Waals surface area contributed by atoms with Crippen molar-refractivity contribution in [2.75, 3.05) is 19.8 Å². The van der Waals surface area contributed by atoms with Crippen LogP contribution in [0.25, 0.3) is 10.9 Å². The average Bonchev–Trinajstić information content (AvgIpc) is 2.98. The molecule has 0 aliphatic carbocycles. The molecule has 0 radical (unpaired) electrons. The molecule has 0 unspecified atom stereocenters. The van der Waals surface area contributed by atoms with Crippen LogP contribution in [0, 0.1) is 0 Å². The van der Waals surface area contributed by atoms with Crippen LogP contribution in [0.4, 0.5) is 0 Å². The quantitative estimate of drug-likeness (QED) is 0.891. The first-order chi connectivity index (χ1) is 12.2. The third-order valence-electron chi connectivity index (χ3n) is 5.23. The molecular formula is C19H23N3O3. The lowest BCUT2D eigenvalue weighted by Crippen LogP contribution is -2.50. The first-order valence-corrected chi connectivity index (χ1v) is 8.95. The van der Waals surface area contributed by atoms with E-state index in [0.29, 0.717) is 32.6 Å². The summed E-state index contributed by atoms with van der Waals surface area (Å²) in [5, 5.41) is 4.03. The Bertz CT molecular complexity index is 779. The summed E-state index contributed by atoms with van der Waals surface area (Å²) in [6.07, 6.45) is 4.51. The monoisotopic (exact) mass is 341 g/mol. The van der Waals surface area contributed by atoms with Crippen molar-refractivity contribution in [2.45, 2.75) is 37.8 Å². The summed E-state index contributed by atoms with van der Waals surface area (Å²) < 4.78 is 5.41. The third kappa shape index (κ3) is 3.26. The number of benzene rings is 1. The number of ether oxygens (including phenoxy) is 1. The van der Waals surface area contributed by atoms with E-state index in [0.717, 1.165) is 29.3 Å². The summed E-state index contributed by atoms with van der Waals surface area (Å²) in [6, 6.07) is 7.70. The van der Waals surface area contributed by atoms with Gasteiger partial charge < -0.3 is 19.9 Å². The Morgan fingerprint density at radius 2 is 1.96 bits per heavy atom. The van der Waals surface area contributed by atoms with Gasteiger partial charge in [0, 0.05) is 55.7 Å². The van der Waals surface area contributed by atoms with Gasteiger partial charge in [-0.05, 0) is 24.5 Å². The van der Waals surface area contributed by atoms with E-state index in [1.807, 2.05) is 35.4 Å². The summed E-state index contributed by atoms with van der Waals surface area (Å²) in [5.74, 6) is -0.0178. The molecule has 0 spiro atoms. The van der Waals surface area contributed by atoms with Gasteiger partial charge in [0.1, 0.15) is 6.04 Å². The van der Waals surface area contributed by atoms with Gasteiger partial charge in [0.2, 0.25) is 11.8 Å². The molecule has 2 amide bonds. The second-order valence-electron chi connectivity index (χ2n) is 6.81. The first kappa shape index (κ1) is 16.1. The molecule has 0 bridgehead atoms. The molecule has 1 aromatic heterocycles. The summed E-state index contributed by atoms with van der Waals surface area (Å²) >= 11 is 0. The van der Waals surface area contributed by atoms with E-state index in [9.17, 15) is 9.59 Å². The van der Waals surface area contributed by atoms with E-state index in [1.54, 1.807) is 0 Å². The van der Waals surface area contributed by atoms with Crippen molar-refractivity contribution in [3.05, 3.63) is 36.0 Å². The molecular weight excluding hydrogens is 318 g/mol. The molecule has 2 aliphatic rings. The fourth-order valence-electron chi connectivity index (χ4n) is 3.88. The molecule has 2 fully saturated rings. The van der Waals surface area contributed by atoms with Gasteiger partial charge >= 0.3 is 0 Å². The van der Waals surface area contributed by atoms with E-state index >= 15 is 0 Å². The Hall–Kier alpha value is -2.34. The summed E-state index contributed by atoms with van der Waals surface area (Å²) in [5.41, 5.74) is 2.11. The van der Waals surface area contributed by atoms with E-state index < -0.39 is 6.04 Å². The maximum Gasteiger partial charge on any atom is 0.245 e. The van der Waals surface area contributed by atoms with E-state index in [-0.39, 0.29) is 17.9 Å². The van der Waals surface area contributed by atoms with Crippen molar-refractivity contribution in [3.63, 3.8) is 0 Å². The van der Waals surface area contributed by atoms with Crippen LogP contribution < -0.4 is 5.32 Å². The molecule has 4 rings (SSSR count). The molecule has 6 heteroatoms. The largest absolute Gasteiger partial charge is 0.381 e. The molecule has 1 atom stereocenters. The number of para-hydroxylation sites is 1. The zero-order chi connectivity index (χ0) is 17.2. The fourth-order valence-corrected chi connectivity index (χ4v) is 3.88. The SMILES string of the molecule is O=C1CCN(C2CCOCC2)C(=O)[C@H](Cc2c[nH]c3ccccc23)N1. The highest BCUT2D eigenvalue weighted by molar-refractivity contribution is 5.91. The number of rotatable bonds is 3. The van der Waals surface area contributed by atoms with Crippen LogP contribution in [-0.4, -0.2) is 53.5 Å². The van der Waals surface area contributed by atoms with Crippen molar-refractivity contribution in [1.29, 1.82) is 0 Å². The highest BCUT2D eigenvalue weighted by Gasteiger charge is 2.34. The summed E-state index contributed by atoms with van der Waals surface area (Å²) in [7, 11) is 0. The van der Waals surface area contributed by atoms with Gasteiger partial charge in [-0.25, -0.2) is 0 Å². The number of nitrogens with one attached hydrogen (secondary N) is 2. The number of carbonyl (C=O) groups is 2. The number of carbonyl (C=O) groups excluding carboxylic acids is 2. The van der Waals surface area contributed by atoms with Gasteiger partial charge in [-0.2, -0.15) is 0 Å². The third-order valence-corrected chi connectivity index (χ3v) is 5.23. The minimum atomic E-state index is -0.503. The Labute approximate surface area is 146 Å². The molecule has 2 saturated heterocycles. The highest BCUT2D eigenvalue weighted by Crippen LogP contribution is 2.22. The van der Waals surface area contributed by atoms with Gasteiger partial charge in [0.25, 0.3) is 0 Å². The molecule has 0 saturated carbocycles. The smallest absolute Gasteiger partial charge is 0.245 e. The predicted octanol–water partition coefficient (Wildman–Crippen LogP) is 1.61. The lowest BCUT2D eigenvalue weighted by atomic mass is 10.0. The van der Waals surface area contributed by atoms with Crippen molar-refractivity contribution in [2.24, 2.45) is 0 Å². The van der Waals surface area contributed by atoms with Crippen LogP contribution in [0.3, 0.4) is 0 Å². The van der Waals surface area contributed by atoms with Gasteiger partial charge in [0.15, 0.2) is 0 Å². The number of aromatic nitrogens is 1. The highest BCUT2D eigenvalue weighted by atomic mass is 16.5. The molecule has 2 aliphatic heterocycles. The second kappa shape index (κ2) is 6.88. The fraction of sp³-hybridized carbons (Fsp3) is 0.474. The maximum atomic E-state index is 13.1. The molecule has 2 N–H and O–H groups in total. The van der Waals surface area contributed by atoms with Crippen LogP contribution in [-0.2, 0) is 20.7 Å². The Balaban J connectivity index is 1.57. The Morgan fingerprint density at radius 3 is 2.80 bits per heavy atom. The number of H-pyrrole nitrogens is 1. The van der Waals surface area contributed by atoms with Gasteiger partial charge in [0.05, 0.1) is 0 Å². The summed E-state index contributed by atoms with van der Waals surface area (Å²) in [6.45, 7) is 1.87. The van der Waals surface area contributed by atoms with Crippen molar-refractivity contribution in [3.8, 4) is 0 Å². The van der Waals surface area contributed by atoms with Crippen molar-refractivity contribution in [1.82, 2.24) is 15.2 Å². The number of aromatic amines is 1. The molecule has 132 valence electrons. The summed E-state index contributed by atoms with van der Waals surface area (Å²) in [4.78, 5) is 30.4. The maximum absolute atomic E-state index is 13.1. The first-order valence-electron chi connectivity index (χ1n) is 8.95. The van der Waals surface area contributed by atoms with Gasteiger partial charge in [-0.15, -0.1) is 0 Å². The second-order valence-corrected chi connectivity index (χ2v) is 6.81. The minimum Gasteiger partial charge on any atom is -0.381 e. The number of hydrogen-bond acceptors (Lipinski definition) is 3. The van der Waals surface area contributed by atoms with E-state index in [4.69, 9.17) is 4.74 Å². The Kier molecular flexibility index (Phi) is 4.44. The number of nitrogens with zero attached hydrogens (tertiary/aromatic N) is 1. The van der Waals surface area contributed by atoms with E-state index in [1.165, 1.54) is 0 Å². The number of fused-ring (bicyclic) bond motifs is 1. The van der Waals surface area contributed by atoms with Crippen LogP contribution in [0.1, 0.15) is 24.8 Å². The topological polar surface area (TPSA) is 74.4 Å². The molecule has 1 aromatic carbocycles. The van der Waals surface area contributed by atoms with Gasteiger partial charge in [-0.3, -0.25) is 9.59 Å². The molecule has 6 nitrogen and oxygen atoms in total. The molecule has 25 heavy (non-hydrogen) atoms. The van der Waals surface area contributed by atoms with Gasteiger partial charge in [-0.1, -0.05) is 18.2 Å². The minimum absolute atomic E-state index is 0.0306. The van der Waals surface area contributed by atoms with Crippen LogP contribution in [0.5, 0.6) is 0 Å². The molecule has 2 aromatic rings. The Morgan fingerprint density at radius 1 is 1.16 bits per heavy atom. The van der Waals surface area contributed by atoms with Crippen molar-refractivity contribution < 1.29 is 14.3 Å². The average molecular weight is 341 g/mol. The number of hydrogen-bond donors (Lipinski definition) is 2. The van der Waals surface area contributed by atoms with Crippen LogP contribution in [0.2, 0.25) is 0 Å². The standard InChI is InChI=1S/C19H23N3O3/c23-18-5-8-22(14-6-9-25-10-7-14)19(24)17(21-18)11-13-12-20-16-4-2-1-3-15(13)16/h1-4,12,14,17,20H,5-11H2,(H,21,23)/t17-/m0/s1. The van der Waals surface area contributed by atoms with Crippen molar-refractivity contribution >= 4 is 22.7 Å². The van der Waals surface area contributed by atoms with Crippen LogP contribution in [0.15, 0.2) is 30.5 Å². The zero-order valence-electron chi connectivity index (χ0n) is 14.2. The molecule has 3 heterocycles. The normalized spacial score (nSPS) is 22.9. The lowest BCUT2D eigenvalue weighted by molar-refractivity contribution is -0.137. The number of amides is 2. The van der Waals surface area contributed by atoms with E-state index in [2.05, 4.69) is 10.3 Å². The predicted molar refractivity (Wildman–Crippen MR) is 94.1 cm³/mol. The van der Waals surface area contributed by atoms with Crippen LogP contribution >= 0.6 is 0 Å². The lowest BCUT2D eigenvalue weighted by Gasteiger charge is -2.34.